The molecule has 0 N–H and O–H groups in total. The first-order valence-electron chi connectivity index (χ1n) is 12.5. The van der Waals surface area contributed by atoms with Crippen molar-refractivity contribution in [3.05, 3.63) is 77.4 Å². The van der Waals surface area contributed by atoms with Gasteiger partial charge in [-0.1, -0.05) is 62.7 Å². The van der Waals surface area contributed by atoms with Gasteiger partial charge in [-0.3, -0.25) is 0 Å². The lowest BCUT2D eigenvalue weighted by Crippen LogP contribution is -2.42. The monoisotopic (exact) mass is 539 g/mol. The average molecular weight is 539 g/mol. The summed E-state index contributed by atoms with van der Waals surface area (Å²) in [6.45, 7) is 5.78. The van der Waals surface area contributed by atoms with Crippen LogP contribution in [0.25, 0.3) is 0 Å². The number of halogens is 1. The predicted molar refractivity (Wildman–Crippen MR) is 155 cm³/mol. The number of alkyl halides is 1. The number of aryl methyl sites for hydroxylation is 2. The van der Waals surface area contributed by atoms with E-state index in [0.29, 0.717) is 17.8 Å². The zero-order valence-electron chi connectivity index (χ0n) is 21.8. The highest BCUT2D eigenvalue weighted by Gasteiger charge is 2.37. The summed E-state index contributed by atoms with van der Waals surface area (Å²) < 4.78 is 55.7. The van der Waals surface area contributed by atoms with Gasteiger partial charge in [0.25, 0.3) is 0 Å². The number of benzene rings is 3. The van der Waals surface area contributed by atoms with Crippen molar-refractivity contribution in [1.82, 2.24) is 4.31 Å². The summed E-state index contributed by atoms with van der Waals surface area (Å²) in [5.74, 6) is 1.36. The summed E-state index contributed by atoms with van der Waals surface area (Å²) in [6, 6.07) is 18.9. The zero-order chi connectivity index (χ0) is 26.8. The van der Waals surface area contributed by atoms with E-state index in [-0.39, 0.29) is 43.5 Å². The van der Waals surface area contributed by atoms with E-state index in [1.807, 2.05) is 71.0 Å². The molecule has 1 fully saturated rings. The maximum absolute atomic E-state index is 14.4. The second-order valence-electron chi connectivity index (χ2n) is 10.00. The highest BCUT2D eigenvalue weighted by molar-refractivity contribution is 7.89. The molecule has 1 aliphatic heterocycles. The van der Waals surface area contributed by atoms with Crippen LogP contribution < -0.4 is 14.9 Å². The largest absolute Gasteiger partial charge is 0.560 e. The van der Waals surface area contributed by atoms with Crippen molar-refractivity contribution in [3.8, 4) is 17.2 Å². The first-order chi connectivity index (χ1) is 17.4. The Morgan fingerprint density at radius 3 is 2.30 bits per heavy atom. The van der Waals surface area contributed by atoms with Crippen molar-refractivity contribution in [2.45, 2.75) is 50.1 Å². The molecule has 5 nitrogen and oxygen atoms in total. The highest BCUT2D eigenvalue weighted by Crippen LogP contribution is 2.38. The number of rotatable bonds is 8. The second-order valence-corrected chi connectivity index (χ2v) is 12.9. The van der Waals surface area contributed by atoms with E-state index < -0.39 is 15.4 Å². The summed E-state index contributed by atoms with van der Waals surface area (Å²) in [6.07, 6.45) is 0.867. The molecule has 1 atom stereocenters. The topological polar surface area (TPSA) is 55.8 Å². The van der Waals surface area contributed by atoms with Gasteiger partial charge in [0.05, 0.1) is 0 Å². The van der Waals surface area contributed by atoms with Gasteiger partial charge in [0.2, 0.25) is 10.0 Å². The lowest BCUT2D eigenvalue weighted by molar-refractivity contribution is 0.178. The number of sulfonamides is 1. The average Bonchev–Trinajstić information content (AvgIpc) is 2.82. The number of nitrogens with zero attached hydrogens (tertiary/aromatic N) is 1. The Morgan fingerprint density at radius 1 is 1.05 bits per heavy atom. The van der Waals surface area contributed by atoms with Gasteiger partial charge in [0, 0.05) is 19.2 Å². The summed E-state index contributed by atoms with van der Waals surface area (Å²) in [5.41, 5.74) is 4.16. The fourth-order valence-corrected chi connectivity index (χ4v) is 6.57. The summed E-state index contributed by atoms with van der Waals surface area (Å²) >= 11 is 0. The standard InChI is InChI=1S/C27H33B2FNO4PS/c1-19-15-22(28)16-20(2)26(19)34-23-9-10-24(35-29(3)18-21-7-5-4-6-8-21)25(17-23)37(32,33)31-13-11-27(30,36)12-14-31/h4-10,15-17H,11-14,18,28,36H2,1-3H3. The van der Waals surface area contributed by atoms with E-state index in [4.69, 9.17) is 9.39 Å². The Bertz CT molecular complexity index is 1340. The Morgan fingerprint density at radius 2 is 1.68 bits per heavy atom. The minimum Gasteiger partial charge on any atom is -0.560 e. The van der Waals surface area contributed by atoms with Crippen molar-refractivity contribution in [1.29, 1.82) is 0 Å². The van der Waals surface area contributed by atoms with Gasteiger partial charge in [-0.05, 0) is 63.1 Å². The molecular formula is C27H33B2FNO4PS. The van der Waals surface area contributed by atoms with Crippen LogP contribution in [0.1, 0.15) is 29.5 Å². The molecule has 0 amide bonds. The first-order valence-corrected chi connectivity index (χ1v) is 14.5. The molecular weight excluding hydrogens is 506 g/mol. The van der Waals surface area contributed by atoms with Crippen LogP contribution >= 0.6 is 9.24 Å². The van der Waals surface area contributed by atoms with Gasteiger partial charge in [0.15, 0.2) is 0 Å². The van der Waals surface area contributed by atoms with Crippen molar-refractivity contribution in [3.63, 3.8) is 0 Å². The van der Waals surface area contributed by atoms with E-state index in [2.05, 4.69) is 9.24 Å². The third kappa shape index (κ3) is 6.76. The quantitative estimate of drug-likeness (QED) is 0.314. The fraction of sp³-hybridized carbons (Fsp3) is 0.333. The normalized spacial score (nSPS) is 15.8. The minimum atomic E-state index is -3.95. The van der Waals surface area contributed by atoms with Crippen LogP contribution in [0, 0.1) is 13.8 Å². The van der Waals surface area contributed by atoms with Gasteiger partial charge in [-0.25, -0.2) is 12.8 Å². The number of ether oxygens (including phenoxy) is 1. The summed E-state index contributed by atoms with van der Waals surface area (Å²) in [7, 11) is 0.279. The zero-order valence-corrected chi connectivity index (χ0v) is 23.8. The molecule has 37 heavy (non-hydrogen) atoms. The van der Waals surface area contributed by atoms with Crippen LogP contribution in [0.4, 0.5) is 4.39 Å². The van der Waals surface area contributed by atoms with E-state index in [1.54, 1.807) is 12.1 Å². The number of piperidine rings is 1. The van der Waals surface area contributed by atoms with Gasteiger partial charge < -0.3 is 9.39 Å². The molecule has 0 aliphatic carbocycles. The molecule has 1 unspecified atom stereocenters. The minimum absolute atomic E-state index is 0.0300. The van der Waals surface area contributed by atoms with E-state index in [0.717, 1.165) is 22.2 Å². The summed E-state index contributed by atoms with van der Waals surface area (Å²) in [4.78, 5) is 0.0300. The molecule has 10 heteroatoms. The SMILES string of the molecule is Bc1cc(C)c(Oc2ccc(OB(C)Cc3ccccc3)c(S(=O)(=O)N3CCC(F)(P)CC3)c2)c(C)c1. The molecule has 4 rings (SSSR count). The molecule has 1 saturated heterocycles. The maximum atomic E-state index is 14.4. The van der Waals surface area contributed by atoms with Crippen LogP contribution in [-0.4, -0.2) is 46.0 Å². The van der Waals surface area contributed by atoms with Crippen molar-refractivity contribution >= 4 is 39.5 Å². The Kier molecular flexibility index (Phi) is 8.37. The number of hydrogen-bond acceptors (Lipinski definition) is 4. The van der Waals surface area contributed by atoms with Crippen LogP contribution in [0.2, 0.25) is 6.82 Å². The molecule has 0 radical (unpaired) electrons. The highest BCUT2D eigenvalue weighted by atomic mass is 32.2. The maximum Gasteiger partial charge on any atom is 0.359 e. The molecule has 1 aliphatic rings. The van der Waals surface area contributed by atoms with Gasteiger partial charge in [-0.15, -0.1) is 0 Å². The Labute approximate surface area is 223 Å². The third-order valence-electron chi connectivity index (χ3n) is 6.61. The Balaban J connectivity index is 1.68. The molecule has 1 heterocycles. The van der Waals surface area contributed by atoms with Gasteiger partial charge in [-0.2, -0.15) is 4.31 Å². The van der Waals surface area contributed by atoms with Crippen LogP contribution in [0.15, 0.2) is 65.6 Å². The van der Waals surface area contributed by atoms with E-state index >= 15 is 0 Å². The smallest absolute Gasteiger partial charge is 0.359 e. The first kappa shape index (κ1) is 27.7. The van der Waals surface area contributed by atoms with Gasteiger partial charge >= 0.3 is 6.92 Å². The molecule has 3 aromatic rings. The lowest BCUT2D eigenvalue weighted by Gasteiger charge is -2.33. The molecule has 0 spiro atoms. The Hall–Kier alpha value is -2.34. The van der Waals surface area contributed by atoms with E-state index in [1.165, 1.54) is 10.4 Å². The molecule has 194 valence electrons. The lowest BCUT2D eigenvalue weighted by atomic mass is 9.65. The van der Waals surface area contributed by atoms with Crippen LogP contribution in [-0.2, 0) is 16.3 Å². The molecule has 0 saturated carbocycles. The van der Waals surface area contributed by atoms with E-state index in [9.17, 15) is 12.8 Å². The van der Waals surface area contributed by atoms with Crippen molar-refractivity contribution in [2.24, 2.45) is 0 Å². The van der Waals surface area contributed by atoms with Crippen LogP contribution in [0.3, 0.4) is 0 Å². The fourth-order valence-electron chi connectivity index (χ4n) is 4.74. The summed E-state index contributed by atoms with van der Waals surface area (Å²) in [5, 5.41) is -1.44. The number of hydrogen-bond donors (Lipinski definition) is 0. The van der Waals surface area contributed by atoms with Crippen LogP contribution in [0.5, 0.6) is 17.2 Å². The molecule has 3 aromatic carbocycles. The van der Waals surface area contributed by atoms with Crippen molar-refractivity contribution in [2.75, 3.05) is 13.1 Å². The third-order valence-corrected chi connectivity index (χ3v) is 9.10. The predicted octanol–water partition coefficient (Wildman–Crippen LogP) is 4.46. The van der Waals surface area contributed by atoms with Gasteiger partial charge in [0.1, 0.15) is 35.4 Å². The molecule has 0 bridgehead atoms. The second kappa shape index (κ2) is 11.2. The molecule has 0 aromatic heterocycles. The van der Waals surface area contributed by atoms with Crippen molar-refractivity contribution < 1.29 is 22.2 Å².